The highest BCUT2D eigenvalue weighted by atomic mass is 16.2. The summed E-state index contributed by atoms with van der Waals surface area (Å²) in [5.41, 5.74) is 5.91. The number of amides is 1. The Kier molecular flexibility index (Phi) is 2.12. The number of piperidine rings is 2. The molecule has 1 amide bonds. The summed E-state index contributed by atoms with van der Waals surface area (Å²) >= 11 is 0. The molecule has 3 heteroatoms. The van der Waals surface area contributed by atoms with Crippen LogP contribution in [-0.2, 0) is 4.79 Å². The minimum Gasteiger partial charge on any atom is -0.342 e. The molecule has 2 aliphatic heterocycles. The van der Waals surface area contributed by atoms with Gasteiger partial charge in [-0.3, -0.25) is 4.79 Å². The SMILES string of the molecule is C=CCC(=O)N1CC2CC(C1)C2N. The Morgan fingerprint density at radius 2 is 2.15 bits per heavy atom. The highest BCUT2D eigenvalue weighted by Crippen LogP contribution is 2.38. The normalized spacial score (nSPS) is 36.7. The van der Waals surface area contributed by atoms with Crippen molar-refractivity contribution in [3.05, 3.63) is 12.7 Å². The zero-order valence-corrected chi connectivity index (χ0v) is 7.78. The molecule has 3 fully saturated rings. The van der Waals surface area contributed by atoms with Crippen molar-refractivity contribution in [2.24, 2.45) is 17.6 Å². The van der Waals surface area contributed by atoms with E-state index in [4.69, 9.17) is 5.73 Å². The molecular formula is C10H16N2O. The van der Waals surface area contributed by atoms with Crippen LogP contribution in [-0.4, -0.2) is 29.9 Å². The fourth-order valence-corrected chi connectivity index (χ4v) is 2.38. The molecule has 0 aromatic heterocycles. The number of nitrogens with two attached hydrogens (primary N) is 1. The van der Waals surface area contributed by atoms with Crippen LogP contribution in [0.1, 0.15) is 12.8 Å². The summed E-state index contributed by atoms with van der Waals surface area (Å²) in [6, 6.07) is 0.354. The van der Waals surface area contributed by atoms with Gasteiger partial charge in [0, 0.05) is 25.6 Å². The highest BCUT2D eigenvalue weighted by molar-refractivity contribution is 5.77. The highest BCUT2D eigenvalue weighted by Gasteiger charge is 2.45. The maximum atomic E-state index is 11.5. The molecule has 3 rings (SSSR count). The van der Waals surface area contributed by atoms with Crippen LogP contribution in [0.25, 0.3) is 0 Å². The third kappa shape index (κ3) is 1.37. The quantitative estimate of drug-likeness (QED) is 0.624. The molecule has 3 nitrogen and oxygen atoms in total. The molecule has 2 N–H and O–H groups in total. The first-order valence-electron chi connectivity index (χ1n) is 4.86. The molecule has 3 aliphatic rings. The number of rotatable bonds is 2. The van der Waals surface area contributed by atoms with Crippen LogP contribution in [0.5, 0.6) is 0 Å². The van der Waals surface area contributed by atoms with Crippen molar-refractivity contribution in [2.45, 2.75) is 18.9 Å². The van der Waals surface area contributed by atoms with Crippen molar-refractivity contribution in [3.63, 3.8) is 0 Å². The second-order valence-electron chi connectivity index (χ2n) is 4.12. The van der Waals surface area contributed by atoms with E-state index >= 15 is 0 Å². The van der Waals surface area contributed by atoms with Crippen LogP contribution in [0.4, 0.5) is 0 Å². The largest absolute Gasteiger partial charge is 0.342 e. The van der Waals surface area contributed by atoms with Gasteiger partial charge < -0.3 is 10.6 Å². The molecule has 0 radical (unpaired) electrons. The van der Waals surface area contributed by atoms with Gasteiger partial charge in [-0.1, -0.05) is 6.08 Å². The van der Waals surface area contributed by atoms with Crippen molar-refractivity contribution in [2.75, 3.05) is 13.1 Å². The third-order valence-corrected chi connectivity index (χ3v) is 3.28. The second-order valence-corrected chi connectivity index (χ2v) is 4.12. The predicted molar refractivity (Wildman–Crippen MR) is 51.0 cm³/mol. The van der Waals surface area contributed by atoms with E-state index in [2.05, 4.69) is 6.58 Å². The zero-order chi connectivity index (χ0) is 9.42. The van der Waals surface area contributed by atoms with E-state index in [1.807, 2.05) is 4.90 Å². The van der Waals surface area contributed by atoms with E-state index < -0.39 is 0 Å². The molecule has 2 bridgehead atoms. The molecule has 0 spiro atoms. The first kappa shape index (κ1) is 8.75. The van der Waals surface area contributed by atoms with Gasteiger partial charge >= 0.3 is 0 Å². The molecule has 2 saturated heterocycles. The number of carbonyl (C=O) groups is 1. The number of hydrogen-bond acceptors (Lipinski definition) is 2. The van der Waals surface area contributed by atoms with E-state index in [1.54, 1.807) is 6.08 Å². The summed E-state index contributed by atoms with van der Waals surface area (Å²) in [4.78, 5) is 13.4. The van der Waals surface area contributed by atoms with Crippen molar-refractivity contribution < 1.29 is 4.79 Å². The lowest BCUT2D eigenvalue weighted by molar-refractivity contribution is -0.137. The summed E-state index contributed by atoms with van der Waals surface area (Å²) < 4.78 is 0. The molecule has 2 heterocycles. The molecule has 0 aromatic carbocycles. The smallest absolute Gasteiger partial charge is 0.226 e. The van der Waals surface area contributed by atoms with Gasteiger partial charge in [0.15, 0.2) is 0 Å². The Morgan fingerprint density at radius 3 is 2.62 bits per heavy atom. The maximum Gasteiger partial charge on any atom is 0.226 e. The van der Waals surface area contributed by atoms with Gasteiger partial charge in [0.05, 0.1) is 0 Å². The Morgan fingerprint density at radius 1 is 1.54 bits per heavy atom. The van der Waals surface area contributed by atoms with E-state index in [-0.39, 0.29) is 5.91 Å². The average molecular weight is 180 g/mol. The lowest BCUT2D eigenvalue weighted by Crippen LogP contribution is -2.62. The standard InChI is InChI=1S/C10H16N2O/c1-2-3-9(13)12-5-7-4-8(6-12)10(7)11/h2,7-8,10H,1,3-6,11H2. The summed E-state index contributed by atoms with van der Waals surface area (Å²) in [5, 5.41) is 0. The molecule has 2 unspecified atom stereocenters. The van der Waals surface area contributed by atoms with Crippen molar-refractivity contribution in [1.82, 2.24) is 4.90 Å². The molecule has 1 aliphatic carbocycles. The molecule has 0 aromatic rings. The number of nitrogens with zero attached hydrogens (tertiary/aromatic N) is 1. The Balaban J connectivity index is 1.91. The van der Waals surface area contributed by atoms with Crippen molar-refractivity contribution in [3.8, 4) is 0 Å². The van der Waals surface area contributed by atoms with Gasteiger partial charge in [-0.05, 0) is 18.3 Å². The summed E-state index contributed by atoms with van der Waals surface area (Å²) in [5.74, 6) is 1.33. The molecule has 1 saturated carbocycles. The van der Waals surface area contributed by atoms with E-state index in [9.17, 15) is 4.79 Å². The Labute approximate surface area is 78.6 Å². The van der Waals surface area contributed by atoms with Crippen LogP contribution < -0.4 is 5.73 Å². The monoisotopic (exact) mass is 180 g/mol. The van der Waals surface area contributed by atoms with Gasteiger partial charge in [-0.2, -0.15) is 0 Å². The lowest BCUT2D eigenvalue weighted by atomic mass is 9.67. The number of fused-ring (bicyclic) bond motifs is 2. The Hall–Kier alpha value is -0.830. The van der Waals surface area contributed by atoms with E-state index in [0.29, 0.717) is 24.3 Å². The Bertz CT molecular complexity index is 227. The van der Waals surface area contributed by atoms with Gasteiger partial charge in [0.1, 0.15) is 0 Å². The minimum atomic E-state index is 0.205. The number of carbonyl (C=O) groups excluding carboxylic acids is 1. The van der Waals surface area contributed by atoms with E-state index in [0.717, 1.165) is 13.1 Å². The molecule has 2 atom stereocenters. The van der Waals surface area contributed by atoms with Gasteiger partial charge in [-0.25, -0.2) is 0 Å². The van der Waals surface area contributed by atoms with Crippen LogP contribution in [0, 0.1) is 11.8 Å². The zero-order valence-electron chi connectivity index (χ0n) is 7.78. The minimum absolute atomic E-state index is 0.205. The van der Waals surface area contributed by atoms with Crippen LogP contribution in [0.3, 0.4) is 0 Å². The second kappa shape index (κ2) is 3.14. The first-order valence-corrected chi connectivity index (χ1v) is 4.86. The average Bonchev–Trinajstić information content (AvgIpc) is 2.17. The lowest BCUT2D eigenvalue weighted by Gasteiger charge is -2.52. The molecular weight excluding hydrogens is 164 g/mol. The number of hydrogen-bond donors (Lipinski definition) is 1. The third-order valence-electron chi connectivity index (χ3n) is 3.28. The fourth-order valence-electron chi connectivity index (χ4n) is 2.38. The predicted octanol–water partition coefficient (Wildman–Crippen LogP) is 0.368. The van der Waals surface area contributed by atoms with Gasteiger partial charge in [0.2, 0.25) is 5.91 Å². The van der Waals surface area contributed by atoms with Gasteiger partial charge in [0.25, 0.3) is 0 Å². The molecule has 72 valence electrons. The van der Waals surface area contributed by atoms with Crippen LogP contribution >= 0.6 is 0 Å². The maximum absolute atomic E-state index is 11.5. The fraction of sp³-hybridized carbons (Fsp3) is 0.700. The summed E-state index contributed by atoms with van der Waals surface area (Å²) in [6.07, 6.45) is 3.36. The van der Waals surface area contributed by atoms with Crippen LogP contribution in [0.2, 0.25) is 0 Å². The summed E-state index contributed by atoms with van der Waals surface area (Å²) in [7, 11) is 0. The van der Waals surface area contributed by atoms with Crippen molar-refractivity contribution >= 4 is 5.91 Å². The summed E-state index contributed by atoms with van der Waals surface area (Å²) in [6.45, 7) is 5.30. The van der Waals surface area contributed by atoms with Crippen molar-refractivity contribution in [1.29, 1.82) is 0 Å². The van der Waals surface area contributed by atoms with Crippen LogP contribution in [0.15, 0.2) is 12.7 Å². The van der Waals surface area contributed by atoms with E-state index in [1.165, 1.54) is 6.42 Å². The van der Waals surface area contributed by atoms with Gasteiger partial charge in [-0.15, -0.1) is 6.58 Å². The topological polar surface area (TPSA) is 46.3 Å². The molecule has 13 heavy (non-hydrogen) atoms. The first-order chi connectivity index (χ1) is 6.22.